The molecule has 0 radical (unpaired) electrons. The molecular formula is C33H49N7O4. The average molecular weight is 608 g/mol. The van der Waals surface area contributed by atoms with Crippen molar-refractivity contribution >= 4 is 29.3 Å². The van der Waals surface area contributed by atoms with E-state index in [4.69, 9.17) is 10.8 Å². The number of likely N-dealkylation sites (N-methyl/N-ethyl adjacent to an activating group) is 1. The van der Waals surface area contributed by atoms with Gasteiger partial charge in [0.05, 0.1) is 11.6 Å². The monoisotopic (exact) mass is 607 g/mol. The standard InChI is InChI=1S/C33H49N7O4/c1-5-29(41)36-27(33(44)39-18-16-38(4)17-19-39)20-23-12-14-25(15-13-23)35-32(43)30(24-10-8-6-7-9-11-24)26-21-28(31(34)42)40(37-26)22(2)3/h12-15,21-22,24,27,30H,5-11,16-20H2,1-4H3,(H2,34,42)(H,35,43)(H,36,41)/t27-,30+/m1/s1. The average Bonchev–Trinajstić information content (AvgIpc) is 3.28. The third-order valence-corrected chi connectivity index (χ3v) is 8.90. The minimum Gasteiger partial charge on any atom is -0.364 e. The van der Waals surface area contributed by atoms with E-state index in [-0.39, 0.29) is 29.7 Å². The number of nitrogens with one attached hydrogen (secondary N) is 2. The van der Waals surface area contributed by atoms with Crippen molar-refractivity contribution in [3.05, 3.63) is 47.3 Å². The number of hydrogen-bond donors (Lipinski definition) is 3. The molecule has 4 amide bonds. The van der Waals surface area contributed by atoms with Crippen molar-refractivity contribution in [2.75, 3.05) is 38.5 Å². The van der Waals surface area contributed by atoms with Crippen LogP contribution < -0.4 is 16.4 Å². The van der Waals surface area contributed by atoms with Crippen LogP contribution in [-0.4, -0.2) is 82.5 Å². The minimum absolute atomic E-state index is 0.0697. The van der Waals surface area contributed by atoms with Crippen LogP contribution in [0.3, 0.4) is 0 Å². The maximum absolute atomic E-state index is 13.9. The van der Waals surface area contributed by atoms with Crippen LogP contribution in [0.25, 0.3) is 0 Å². The Morgan fingerprint density at radius 2 is 1.61 bits per heavy atom. The van der Waals surface area contributed by atoms with E-state index in [0.717, 1.165) is 57.2 Å². The molecule has 2 aliphatic rings. The van der Waals surface area contributed by atoms with E-state index in [1.807, 2.05) is 50.1 Å². The number of aromatic nitrogens is 2. The molecule has 1 saturated heterocycles. The number of amides is 4. The predicted octanol–water partition coefficient (Wildman–Crippen LogP) is 3.47. The molecule has 1 aromatic carbocycles. The van der Waals surface area contributed by atoms with Gasteiger partial charge in [-0.05, 0) is 63.4 Å². The van der Waals surface area contributed by atoms with E-state index < -0.39 is 17.9 Å². The third-order valence-electron chi connectivity index (χ3n) is 8.90. The van der Waals surface area contributed by atoms with Crippen LogP contribution in [0, 0.1) is 5.92 Å². The summed E-state index contributed by atoms with van der Waals surface area (Å²) in [6.07, 6.45) is 6.91. The normalized spacial score (nSPS) is 18.0. The molecule has 0 bridgehead atoms. The summed E-state index contributed by atoms with van der Waals surface area (Å²) in [6, 6.07) is 8.39. The van der Waals surface area contributed by atoms with E-state index in [0.29, 0.717) is 43.0 Å². The summed E-state index contributed by atoms with van der Waals surface area (Å²) in [4.78, 5) is 55.8. The second-order valence-corrected chi connectivity index (χ2v) is 12.6. The van der Waals surface area contributed by atoms with Crippen LogP contribution >= 0.6 is 0 Å². The largest absolute Gasteiger partial charge is 0.364 e. The quantitative estimate of drug-likeness (QED) is 0.334. The van der Waals surface area contributed by atoms with Gasteiger partial charge in [0.15, 0.2) is 0 Å². The molecule has 44 heavy (non-hydrogen) atoms. The zero-order valence-corrected chi connectivity index (χ0v) is 26.7. The van der Waals surface area contributed by atoms with Gasteiger partial charge in [-0.3, -0.25) is 23.9 Å². The van der Waals surface area contributed by atoms with Crippen LogP contribution in [0.4, 0.5) is 5.69 Å². The number of piperazine rings is 1. The van der Waals surface area contributed by atoms with Gasteiger partial charge in [0.1, 0.15) is 11.7 Å². The van der Waals surface area contributed by atoms with Crippen molar-refractivity contribution in [2.45, 2.75) is 90.1 Å². The number of benzene rings is 1. The van der Waals surface area contributed by atoms with E-state index in [9.17, 15) is 19.2 Å². The summed E-state index contributed by atoms with van der Waals surface area (Å²) in [7, 11) is 2.04. The number of primary amides is 1. The van der Waals surface area contributed by atoms with Gasteiger partial charge < -0.3 is 26.2 Å². The summed E-state index contributed by atoms with van der Waals surface area (Å²) in [5.74, 6) is -1.36. The molecule has 1 saturated carbocycles. The van der Waals surface area contributed by atoms with E-state index in [1.54, 1.807) is 17.7 Å². The Hall–Kier alpha value is -3.73. The maximum atomic E-state index is 13.9. The lowest BCUT2D eigenvalue weighted by atomic mass is 9.83. The smallest absolute Gasteiger partial charge is 0.266 e. The van der Waals surface area contributed by atoms with Gasteiger partial charge in [0, 0.05) is 50.7 Å². The molecule has 1 aliphatic carbocycles. The first kappa shape index (κ1) is 33.2. The van der Waals surface area contributed by atoms with Crippen LogP contribution in [0.5, 0.6) is 0 Å². The van der Waals surface area contributed by atoms with Crippen molar-refractivity contribution in [1.82, 2.24) is 24.9 Å². The fraction of sp³-hybridized carbons (Fsp3) is 0.606. The van der Waals surface area contributed by atoms with Crippen molar-refractivity contribution in [3.63, 3.8) is 0 Å². The number of nitrogens with two attached hydrogens (primary N) is 1. The Morgan fingerprint density at radius 3 is 2.16 bits per heavy atom. The van der Waals surface area contributed by atoms with E-state index in [2.05, 4.69) is 15.5 Å². The molecule has 0 unspecified atom stereocenters. The molecule has 240 valence electrons. The summed E-state index contributed by atoms with van der Waals surface area (Å²) < 4.78 is 1.61. The minimum atomic E-state index is -0.651. The molecule has 2 fully saturated rings. The van der Waals surface area contributed by atoms with Crippen molar-refractivity contribution in [2.24, 2.45) is 11.7 Å². The lowest BCUT2D eigenvalue weighted by Gasteiger charge is -2.34. The molecule has 2 atom stereocenters. The van der Waals surface area contributed by atoms with Crippen molar-refractivity contribution in [1.29, 1.82) is 0 Å². The molecule has 2 heterocycles. The Labute approximate surface area is 260 Å². The number of anilines is 1. The highest BCUT2D eigenvalue weighted by Gasteiger charge is 2.34. The van der Waals surface area contributed by atoms with Gasteiger partial charge in [0.2, 0.25) is 17.7 Å². The van der Waals surface area contributed by atoms with Gasteiger partial charge in [0.25, 0.3) is 5.91 Å². The Morgan fingerprint density at radius 1 is 0.977 bits per heavy atom. The summed E-state index contributed by atoms with van der Waals surface area (Å²) >= 11 is 0. The first-order valence-electron chi connectivity index (χ1n) is 16.1. The predicted molar refractivity (Wildman–Crippen MR) is 170 cm³/mol. The lowest BCUT2D eigenvalue weighted by Crippen LogP contribution is -2.54. The van der Waals surface area contributed by atoms with Crippen LogP contribution in [0.1, 0.15) is 99.4 Å². The fourth-order valence-electron chi connectivity index (χ4n) is 6.30. The molecule has 1 aliphatic heterocycles. The molecule has 11 nitrogen and oxygen atoms in total. The van der Waals surface area contributed by atoms with Gasteiger partial charge in [-0.15, -0.1) is 0 Å². The van der Waals surface area contributed by atoms with Crippen molar-refractivity contribution in [3.8, 4) is 0 Å². The number of carbonyl (C=O) groups is 4. The van der Waals surface area contributed by atoms with Crippen LogP contribution in [0.2, 0.25) is 0 Å². The SMILES string of the molecule is CCC(=O)N[C@H](Cc1ccc(NC(=O)[C@H](c2cc(C(N)=O)n(C(C)C)n2)C2CCCCCC2)cc1)C(=O)N1CCN(C)CC1. The molecule has 11 heteroatoms. The number of carbonyl (C=O) groups excluding carboxylic acids is 4. The molecular weight excluding hydrogens is 558 g/mol. The molecule has 0 spiro atoms. The molecule has 1 aromatic heterocycles. The van der Waals surface area contributed by atoms with Gasteiger partial charge in [-0.2, -0.15) is 5.10 Å². The first-order valence-corrected chi connectivity index (χ1v) is 16.1. The summed E-state index contributed by atoms with van der Waals surface area (Å²) in [5, 5.41) is 10.7. The zero-order chi connectivity index (χ0) is 31.8. The first-order chi connectivity index (χ1) is 21.1. The molecule has 4 N–H and O–H groups in total. The topological polar surface area (TPSA) is 143 Å². The Kier molecular flexibility index (Phi) is 11.5. The second kappa shape index (κ2) is 15.3. The van der Waals surface area contributed by atoms with Crippen LogP contribution in [-0.2, 0) is 20.8 Å². The zero-order valence-electron chi connectivity index (χ0n) is 26.7. The van der Waals surface area contributed by atoms with E-state index in [1.165, 1.54) is 0 Å². The summed E-state index contributed by atoms with van der Waals surface area (Å²) in [5.41, 5.74) is 8.07. The highest BCUT2D eigenvalue weighted by Crippen LogP contribution is 2.36. The Balaban J connectivity index is 1.51. The molecule has 4 rings (SSSR count). The summed E-state index contributed by atoms with van der Waals surface area (Å²) in [6.45, 7) is 8.52. The second-order valence-electron chi connectivity index (χ2n) is 12.6. The van der Waals surface area contributed by atoms with Crippen molar-refractivity contribution < 1.29 is 19.2 Å². The number of rotatable bonds is 11. The van der Waals surface area contributed by atoms with Crippen LogP contribution in [0.15, 0.2) is 30.3 Å². The Bertz CT molecular complexity index is 1290. The highest BCUT2D eigenvalue weighted by molar-refractivity contribution is 5.97. The van der Waals surface area contributed by atoms with Gasteiger partial charge in [-0.1, -0.05) is 44.7 Å². The highest BCUT2D eigenvalue weighted by atomic mass is 16.2. The lowest BCUT2D eigenvalue weighted by molar-refractivity contribution is -0.137. The van der Waals surface area contributed by atoms with Gasteiger partial charge >= 0.3 is 0 Å². The number of hydrogen-bond acceptors (Lipinski definition) is 6. The third kappa shape index (κ3) is 8.46. The molecule has 2 aromatic rings. The fourth-order valence-corrected chi connectivity index (χ4v) is 6.30. The van der Waals surface area contributed by atoms with E-state index >= 15 is 0 Å². The van der Waals surface area contributed by atoms with Gasteiger partial charge in [-0.25, -0.2) is 0 Å². The maximum Gasteiger partial charge on any atom is 0.266 e. The number of nitrogens with zero attached hydrogens (tertiary/aromatic N) is 4.